The predicted molar refractivity (Wildman–Crippen MR) is 47.5 cm³/mol. The Labute approximate surface area is 96.7 Å². The molecule has 0 atom stereocenters. The minimum Gasteiger partial charge on any atom is -0.356 e. The maximum Gasteiger partial charge on any atom is 0 e. The van der Waals surface area contributed by atoms with Gasteiger partial charge in [-0.15, -0.1) is 0 Å². The van der Waals surface area contributed by atoms with Crippen molar-refractivity contribution in [3.63, 3.8) is 0 Å². The Balaban J connectivity index is 0. The van der Waals surface area contributed by atoms with Crippen LogP contribution in [0.2, 0.25) is 0 Å². The van der Waals surface area contributed by atoms with Gasteiger partial charge < -0.3 is 6.92 Å². The molecule has 0 N–H and O–H groups in total. The third kappa shape index (κ3) is 5.03. The minimum atomic E-state index is 0. The van der Waals surface area contributed by atoms with Crippen molar-refractivity contribution in [2.24, 2.45) is 5.92 Å². The molecular weight excluding hydrogens is 209 g/mol. The van der Waals surface area contributed by atoms with Gasteiger partial charge in [0.05, 0.1) is 0 Å². The molecule has 63 valence electrons. The third-order valence-electron chi connectivity index (χ3n) is 1.85. The zero-order valence-electron chi connectivity index (χ0n) is 7.98. The molecule has 0 nitrogen and oxygen atoms in total. The molecule has 0 aromatic carbocycles. The van der Waals surface area contributed by atoms with Crippen LogP contribution in [0, 0.1) is 19.8 Å². The van der Waals surface area contributed by atoms with Crippen molar-refractivity contribution < 1.29 is 32.7 Å². The zero-order chi connectivity index (χ0) is 8.15. The summed E-state index contributed by atoms with van der Waals surface area (Å²) in [6, 6.07) is 0. The van der Waals surface area contributed by atoms with E-state index >= 15 is 0 Å². The summed E-state index contributed by atoms with van der Waals surface area (Å²) in [7, 11) is 0. The van der Waals surface area contributed by atoms with Crippen molar-refractivity contribution in [3.05, 3.63) is 25.0 Å². The topological polar surface area (TPSA) is 0 Å². The van der Waals surface area contributed by atoms with Crippen LogP contribution >= 0.6 is 0 Å². The fourth-order valence-electron chi connectivity index (χ4n) is 1.10. The van der Waals surface area contributed by atoms with Gasteiger partial charge in [0.2, 0.25) is 0 Å². The van der Waals surface area contributed by atoms with Crippen molar-refractivity contribution in [2.45, 2.75) is 33.6 Å². The Morgan fingerprint density at radius 2 is 1.82 bits per heavy atom. The maximum absolute atomic E-state index is 3.99. The van der Waals surface area contributed by atoms with Gasteiger partial charge in [-0.25, -0.2) is 24.5 Å². The standard InChI is InChI=1S/C10H18.Y/c1-6-9(5)10(7-2)8(3)4;/h8H,2,5-7H2,1,3-4H3;/q-2;/b10-9-;. The quantitative estimate of drug-likeness (QED) is 0.648. The first-order chi connectivity index (χ1) is 4.63. The van der Waals surface area contributed by atoms with Gasteiger partial charge in [-0.2, -0.15) is 0 Å². The molecule has 0 bridgehead atoms. The number of rotatable bonds is 3. The smallest absolute Gasteiger partial charge is 0 e. The maximum atomic E-state index is 3.99. The molecule has 0 saturated carbocycles. The molecule has 0 unspecified atom stereocenters. The monoisotopic (exact) mass is 227 g/mol. The summed E-state index contributed by atoms with van der Waals surface area (Å²) < 4.78 is 0. The molecule has 0 aromatic heterocycles. The van der Waals surface area contributed by atoms with Crippen LogP contribution in [0.5, 0.6) is 0 Å². The molecule has 0 aliphatic rings. The first-order valence-electron chi connectivity index (χ1n) is 3.96. The molecule has 0 aliphatic heterocycles. The van der Waals surface area contributed by atoms with E-state index in [1.165, 1.54) is 11.1 Å². The summed E-state index contributed by atoms with van der Waals surface area (Å²) >= 11 is 0. The Bertz CT molecular complexity index is 123. The van der Waals surface area contributed by atoms with Gasteiger partial charge in [-0.1, -0.05) is 33.1 Å². The SMILES string of the molecule is [CH2-]C/C(=C(\[CH2-])CC)C(C)C.[Y]. The van der Waals surface area contributed by atoms with Crippen molar-refractivity contribution in [1.82, 2.24) is 0 Å². The van der Waals surface area contributed by atoms with Crippen LogP contribution in [-0.2, 0) is 32.7 Å². The fraction of sp³-hybridized carbons (Fsp3) is 0.600. The van der Waals surface area contributed by atoms with Crippen molar-refractivity contribution in [2.75, 3.05) is 0 Å². The van der Waals surface area contributed by atoms with Crippen LogP contribution in [-0.4, -0.2) is 0 Å². The minimum absolute atomic E-state index is 0. The van der Waals surface area contributed by atoms with E-state index in [1.54, 1.807) is 0 Å². The molecular formula is C10H18Y-2. The summed E-state index contributed by atoms with van der Waals surface area (Å²) in [4.78, 5) is 0. The molecule has 1 heteroatoms. The Kier molecular flexibility index (Phi) is 9.54. The molecule has 0 aliphatic carbocycles. The molecule has 0 fully saturated rings. The van der Waals surface area contributed by atoms with Crippen LogP contribution in [0.15, 0.2) is 11.1 Å². The predicted octanol–water partition coefficient (Wildman–Crippen LogP) is 3.40. The molecule has 0 rings (SSSR count). The average Bonchev–Trinajstić information content (AvgIpc) is 1.88. The molecule has 0 spiro atoms. The van der Waals surface area contributed by atoms with Crippen molar-refractivity contribution >= 4 is 0 Å². The molecule has 0 heterocycles. The van der Waals surface area contributed by atoms with Gasteiger partial charge in [-0.05, 0) is 0 Å². The summed E-state index contributed by atoms with van der Waals surface area (Å²) in [5.74, 6) is 0.616. The first-order valence-corrected chi connectivity index (χ1v) is 3.96. The number of hydrogen-bond donors (Lipinski definition) is 0. The van der Waals surface area contributed by atoms with E-state index in [0.29, 0.717) is 5.92 Å². The molecule has 0 saturated heterocycles. The number of hydrogen-bond acceptors (Lipinski definition) is 0. The van der Waals surface area contributed by atoms with Gasteiger partial charge in [-0.3, -0.25) is 0 Å². The Hall–Kier alpha value is 0.714. The van der Waals surface area contributed by atoms with E-state index in [1.807, 2.05) is 0 Å². The molecule has 1 radical (unpaired) electrons. The van der Waals surface area contributed by atoms with Crippen LogP contribution in [0.4, 0.5) is 0 Å². The Morgan fingerprint density at radius 3 is 1.91 bits per heavy atom. The van der Waals surface area contributed by atoms with E-state index in [9.17, 15) is 0 Å². The Morgan fingerprint density at radius 1 is 1.36 bits per heavy atom. The zero-order valence-corrected chi connectivity index (χ0v) is 10.8. The summed E-state index contributed by atoms with van der Waals surface area (Å²) in [5, 5.41) is 0. The van der Waals surface area contributed by atoms with E-state index < -0.39 is 0 Å². The van der Waals surface area contributed by atoms with E-state index in [-0.39, 0.29) is 32.7 Å². The normalized spacial score (nSPS) is 12.5. The van der Waals surface area contributed by atoms with E-state index in [0.717, 1.165) is 12.8 Å². The van der Waals surface area contributed by atoms with E-state index in [4.69, 9.17) is 0 Å². The summed E-state index contributed by atoms with van der Waals surface area (Å²) in [5.41, 5.74) is 2.69. The molecule has 0 amide bonds. The second-order valence-electron chi connectivity index (χ2n) is 2.89. The van der Waals surface area contributed by atoms with Crippen LogP contribution in [0.1, 0.15) is 33.6 Å². The van der Waals surface area contributed by atoms with Crippen molar-refractivity contribution in [3.8, 4) is 0 Å². The molecule has 0 aromatic rings. The van der Waals surface area contributed by atoms with Gasteiger partial charge in [0.15, 0.2) is 0 Å². The van der Waals surface area contributed by atoms with Crippen LogP contribution in [0.3, 0.4) is 0 Å². The van der Waals surface area contributed by atoms with Gasteiger partial charge in [0.25, 0.3) is 0 Å². The second-order valence-corrected chi connectivity index (χ2v) is 2.89. The van der Waals surface area contributed by atoms with E-state index in [2.05, 4.69) is 34.6 Å². The van der Waals surface area contributed by atoms with Gasteiger partial charge in [0, 0.05) is 32.7 Å². The average molecular weight is 227 g/mol. The summed E-state index contributed by atoms with van der Waals surface area (Å²) in [6.07, 6.45) is 1.97. The first kappa shape index (κ1) is 14.2. The molecule has 11 heavy (non-hydrogen) atoms. The van der Waals surface area contributed by atoms with Crippen molar-refractivity contribution in [1.29, 1.82) is 0 Å². The van der Waals surface area contributed by atoms with Gasteiger partial charge in [0.1, 0.15) is 0 Å². The largest absolute Gasteiger partial charge is 0.356 e. The fourth-order valence-corrected chi connectivity index (χ4v) is 1.10. The summed E-state index contributed by atoms with van der Waals surface area (Å²) in [6.45, 7) is 14.4. The second kappa shape index (κ2) is 7.37. The number of allylic oxidation sites excluding steroid dienone is 2. The third-order valence-corrected chi connectivity index (χ3v) is 1.85. The van der Waals surface area contributed by atoms with Crippen LogP contribution < -0.4 is 0 Å². The van der Waals surface area contributed by atoms with Gasteiger partial charge >= 0.3 is 0 Å². The van der Waals surface area contributed by atoms with Crippen LogP contribution in [0.25, 0.3) is 0 Å².